The van der Waals surface area contributed by atoms with Crippen LogP contribution in [0.2, 0.25) is 0 Å². The first-order valence-electron chi connectivity index (χ1n) is 4.00. The third-order valence-electron chi connectivity index (χ3n) is 1.80. The van der Waals surface area contributed by atoms with Crippen molar-refractivity contribution in [2.24, 2.45) is 0 Å². The number of nitro benzene ring substituents is 1. The number of benzene rings is 1. The van der Waals surface area contributed by atoms with E-state index in [2.05, 4.69) is 20.7 Å². The van der Waals surface area contributed by atoms with Crippen LogP contribution in [0, 0.1) is 17.0 Å². The van der Waals surface area contributed by atoms with Crippen LogP contribution in [0.15, 0.2) is 16.6 Å². The van der Waals surface area contributed by atoms with Gasteiger partial charge >= 0.3 is 5.97 Å². The highest BCUT2D eigenvalue weighted by Gasteiger charge is 2.24. The summed E-state index contributed by atoms with van der Waals surface area (Å²) in [6.45, 7) is 1.74. The fourth-order valence-electron chi connectivity index (χ4n) is 1.19. The van der Waals surface area contributed by atoms with Gasteiger partial charge in [0.25, 0.3) is 5.69 Å². The molecule has 5 nitrogen and oxygen atoms in total. The zero-order valence-corrected chi connectivity index (χ0v) is 9.70. The summed E-state index contributed by atoms with van der Waals surface area (Å²) < 4.78 is 4.74. The zero-order chi connectivity index (χ0) is 11.6. The summed E-state index contributed by atoms with van der Waals surface area (Å²) in [6.07, 6.45) is 0. The van der Waals surface area contributed by atoms with E-state index in [0.29, 0.717) is 0 Å². The first-order valence-corrected chi connectivity index (χ1v) is 4.79. The van der Waals surface area contributed by atoms with Gasteiger partial charge in [-0.25, -0.2) is 4.79 Å². The number of ether oxygens (including phenoxy) is 1. The molecule has 0 N–H and O–H groups in total. The van der Waals surface area contributed by atoms with Crippen LogP contribution in [0.5, 0.6) is 0 Å². The molecule has 0 fully saturated rings. The fourth-order valence-corrected chi connectivity index (χ4v) is 1.91. The highest BCUT2D eigenvalue weighted by molar-refractivity contribution is 9.10. The van der Waals surface area contributed by atoms with Crippen molar-refractivity contribution < 1.29 is 14.5 Å². The van der Waals surface area contributed by atoms with Crippen LogP contribution in [-0.4, -0.2) is 18.0 Å². The molecule has 0 aliphatic heterocycles. The second-order valence-corrected chi connectivity index (χ2v) is 3.75. The number of rotatable bonds is 2. The first kappa shape index (κ1) is 11.6. The molecule has 80 valence electrons. The van der Waals surface area contributed by atoms with E-state index in [1.165, 1.54) is 13.2 Å². The van der Waals surface area contributed by atoms with E-state index in [-0.39, 0.29) is 15.7 Å². The number of halogens is 1. The molecule has 1 aromatic rings. The zero-order valence-electron chi connectivity index (χ0n) is 8.11. The molecule has 1 aromatic carbocycles. The van der Waals surface area contributed by atoms with Crippen molar-refractivity contribution in [3.63, 3.8) is 0 Å². The van der Waals surface area contributed by atoms with Gasteiger partial charge in [-0.3, -0.25) is 10.1 Å². The standard InChI is InChI=1S/C9H8BrNO4/c1-5-3-6(9(12)15-2)8(11(13)14)7(10)4-5/h3-4H,1-2H3. The summed E-state index contributed by atoms with van der Waals surface area (Å²) in [6, 6.07) is 3.00. The van der Waals surface area contributed by atoms with Crippen LogP contribution >= 0.6 is 15.9 Å². The Morgan fingerprint density at radius 3 is 2.60 bits per heavy atom. The number of hydrogen-bond donors (Lipinski definition) is 0. The third-order valence-corrected chi connectivity index (χ3v) is 2.40. The molecule has 0 unspecified atom stereocenters. The molecule has 15 heavy (non-hydrogen) atoms. The lowest BCUT2D eigenvalue weighted by Gasteiger charge is -2.04. The van der Waals surface area contributed by atoms with Crippen molar-refractivity contribution >= 4 is 27.6 Å². The molecule has 0 heterocycles. The molecule has 1 rings (SSSR count). The van der Waals surface area contributed by atoms with E-state index in [4.69, 9.17) is 0 Å². The van der Waals surface area contributed by atoms with Crippen molar-refractivity contribution in [3.8, 4) is 0 Å². The molecule has 6 heteroatoms. The SMILES string of the molecule is COC(=O)c1cc(C)cc(Br)c1[N+](=O)[O-]. The van der Waals surface area contributed by atoms with Crippen LogP contribution in [0.25, 0.3) is 0 Å². The Morgan fingerprint density at radius 2 is 2.13 bits per heavy atom. The van der Waals surface area contributed by atoms with E-state index in [1.54, 1.807) is 13.0 Å². The lowest BCUT2D eigenvalue weighted by Crippen LogP contribution is -2.06. The Bertz CT molecular complexity index is 430. The number of carbonyl (C=O) groups excluding carboxylic acids is 1. The van der Waals surface area contributed by atoms with Crippen LogP contribution < -0.4 is 0 Å². The minimum Gasteiger partial charge on any atom is -0.465 e. The summed E-state index contributed by atoms with van der Waals surface area (Å²) >= 11 is 3.05. The summed E-state index contributed by atoms with van der Waals surface area (Å²) in [5.74, 6) is -0.717. The van der Waals surface area contributed by atoms with Gasteiger partial charge in [0.15, 0.2) is 0 Å². The lowest BCUT2D eigenvalue weighted by atomic mass is 10.1. The quantitative estimate of drug-likeness (QED) is 0.472. The van der Waals surface area contributed by atoms with Gasteiger partial charge in [-0.15, -0.1) is 0 Å². The molecule has 0 saturated carbocycles. The predicted octanol–water partition coefficient (Wildman–Crippen LogP) is 2.45. The van der Waals surface area contributed by atoms with Gasteiger partial charge in [-0.2, -0.15) is 0 Å². The highest BCUT2D eigenvalue weighted by atomic mass is 79.9. The number of hydrogen-bond acceptors (Lipinski definition) is 4. The van der Waals surface area contributed by atoms with Gasteiger partial charge in [0.2, 0.25) is 0 Å². The maximum Gasteiger partial charge on any atom is 0.344 e. The van der Waals surface area contributed by atoms with Crippen molar-refractivity contribution in [2.45, 2.75) is 6.92 Å². The topological polar surface area (TPSA) is 69.4 Å². The summed E-state index contributed by atoms with van der Waals surface area (Å²) in [7, 11) is 1.18. The Morgan fingerprint density at radius 1 is 1.53 bits per heavy atom. The van der Waals surface area contributed by atoms with Gasteiger partial charge in [0.05, 0.1) is 16.5 Å². The van der Waals surface area contributed by atoms with E-state index in [1.807, 2.05) is 0 Å². The minimum atomic E-state index is -0.717. The summed E-state index contributed by atoms with van der Waals surface area (Å²) in [5, 5.41) is 10.7. The number of methoxy groups -OCH3 is 1. The maximum atomic E-state index is 11.3. The van der Waals surface area contributed by atoms with Gasteiger partial charge in [0, 0.05) is 0 Å². The number of carbonyl (C=O) groups is 1. The molecule has 0 atom stereocenters. The van der Waals surface area contributed by atoms with Gasteiger partial charge in [-0.05, 0) is 40.5 Å². The second-order valence-electron chi connectivity index (χ2n) is 2.89. The first-order chi connectivity index (χ1) is 6.97. The average Bonchev–Trinajstić information content (AvgIpc) is 2.14. The third kappa shape index (κ3) is 2.33. The van der Waals surface area contributed by atoms with Crippen LogP contribution in [0.3, 0.4) is 0 Å². The molecule has 0 spiro atoms. The smallest absolute Gasteiger partial charge is 0.344 e. The molecule has 0 radical (unpaired) electrons. The van der Waals surface area contributed by atoms with Crippen LogP contribution in [-0.2, 0) is 4.74 Å². The van der Waals surface area contributed by atoms with Crippen molar-refractivity contribution in [1.82, 2.24) is 0 Å². The number of nitro groups is 1. The normalized spacial score (nSPS) is 9.80. The van der Waals surface area contributed by atoms with Crippen molar-refractivity contribution in [2.75, 3.05) is 7.11 Å². The molecule has 0 aliphatic carbocycles. The number of aryl methyl sites for hydroxylation is 1. The van der Waals surface area contributed by atoms with E-state index in [0.717, 1.165) is 5.56 Å². The molecule has 0 saturated heterocycles. The lowest BCUT2D eigenvalue weighted by molar-refractivity contribution is -0.386. The highest BCUT2D eigenvalue weighted by Crippen LogP contribution is 2.30. The predicted molar refractivity (Wildman–Crippen MR) is 56.9 cm³/mol. The number of esters is 1. The molecular weight excluding hydrogens is 266 g/mol. The van der Waals surface area contributed by atoms with E-state index < -0.39 is 10.9 Å². The summed E-state index contributed by atoms with van der Waals surface area (Å²) in [4.78, 5) is 21.4. The second kappa shape index (κ2) is 4.39. The Hall–Kier alpha value is -1.43. The van der Waals surface area contributed by atoms with Crippen molar-refractivity contribution in [3.05, 3.63) is 37.8 Å². The van der Waals surface area contributed by atoms with E-state index >= 15 is 0 Å². The monoisotopic (exact) mass is 273 g/mol. The van der Waals surface area contributed by atoms with Crippen LogP contribution in [0.4, 0.5) is 5.69 Å². The van der Waals surface area contributed by atoms with Gasteiger partial charge < -0.3 is 4.74 Å². The van der Waals surface area contributed by atoms with Gasteiger partial charge in [-0.1, -0.05) is 0 Å². The average molecular weight is 274 g/mol. The Kier molecular flexibility index (Phi) is 3.41. The Labute approximate surface area is 94.3 Å². The van der Waals surface area contributed by atoms with E-state index in [9.17, 15) is 14.9 Å². The van der Waals surface area contributed by atoms with Gasteiger partial charge in [0.1, 0.15) is 5.56 Å². The summed E-state index contributed by atoms with van der Waals surface area (Å²) in [5.41, 5.74) is 0.426. The van der Waals surface area contributed by atoms with Crippen molar-refractivity contribution in [1.29, 1.82) is 0 Å². The molecule has 0 bridgehead atoms. The molecule has 0 aliphatic rings. The fraction of sp³-hybridized carbons (Fsp3) is 0.222. The largest absolute Gasteiger partial charge is 0.465 e. The molecular formula is C9H8BrNO4. The Balaban J connectivity index is 3.46. The minimum absolute atomic E-state index is 0.0469. The molecule has 0 amide bonds. The molecule has 0 aromatic heterocycles. The van der Waals surface area contributed by atoms with Crippen LogP contribution in [0.1, 0.15) is 15.9 Å². The number of nitrogens with zero attached hydrogens (tertiary/aromatic N) is 1. The maximum absolute atomic E-state index is 11.3.